The van der Waals surface area contributed by atoms with Gasteiger partial charge in [0, 0.05) is 18.7 Å². The topological polar surface area (TPSA) is 79.5 Å². The zero-order chi connectivity index (χ0) is 16.9. The summed E-state index contributed by atoms with van der Waals surface area (Å²) in [6.45, 7) is 0.412. The molecule has 0 aliphatic rings. The summed E-state index contributed by atoms with van der Waals surface area (Å²) in [5.74, 6) is -0.279. The molecule has 3 aromatic rings. The predicted octanol–water partition coefficient (Wildman–Crippen LogP) is 2.83. The second-order valence-corrected chi connectivity index (χ2v) is 5.24. The first kappa shape index (κ1) is 15.6. The first-order valence-electron chi connectivity index (χ1n) is 7.38. The fourth-order valence-corrected chi connectivity index (χ4v) is 2.26. The number of nitrogens with one attached hydrogen (secondary N) is 1. The maximum Gasteiger partial charge on any atom is 0.244 e. The van der Waals surface area contributed by atoms with E-state index in [0.29, 0.717) is 17.5 Å². The molecule has 0 bridgehead atoms. The molecular weight excluding hydrogens is 306 g/mol. The molecule has 120 valence electrons. The summed E-state index contributed by atoms with van der Waals surface area (Å²) in [5.41, 5.74) is 1.29. The summed E-state index contributed by atoms with van der Waals surface area (Å²) < 4.78 is 5.32. The van der Waals surface area contributed by atoms with Gasteiger partial charge in [-0.05, 0) is 23.8 Å². The lowest BCUT2D eigenvalue weighted by atomic mass is 10.1. The van der Waals surface area contributed by atoms with Crippen LogP contribution in [0, 0.1) is 0 Å². The van der Waals surface area contributed by atoms with Gasteiger partial charge in [-0.15, -0.1) is 0 Å². The smallest absolute Gasteiger partial charge is 0.244 e. The molecule has 1 amide bonds. The quantitative estimate of drug-likeness (QED) is 0.724. The van der Waals surface area contributed by atoms with Crippen LogP contribution in [0.5, 0.6) is 5.75 Å². The monoisotopic (exact) mass is 321 g/mol. The fourth-order valence-electron chi connectivity index (χ4n) is 2.26. The number of hydrogen-bond donors (Lipinski definition) is 2. The third-order valence-electron chi connectivity index (χ3n) is 3.51. The van der Waals surface area contributed by atoms with Crippen molar-refractivity contribution in [2.75, 3.05) is 0 Å². The molecule has 0 spiro atoms. The van der Waals surface area contributed by atoms with E-state index in [9.17, 15) is 14.7 Å². The van der Waals surface area contributed by atoms with Gasteiger partial charge in [-0.25, -0.2) is 0 Å². The zero-order valence-electron chi connectivity index (χ0n) is 12.7. The Bertz CT molecular complexity index is 958. The number of carbonyl (C=O) groups excluding carboxylic acids is 1. The maximum absolute atomic E-state index is 12.3. The predicted molar refractivity (Wildman–Crippen MR) is 91.5 cm³/mol. The molecule has 1 heterocycles. The van der Waals surface area contributed by atoms with Crippen LogP contribution in [0.1, 0.15) is 11.1 Å². The van der Waals surface area contributed by atoms with Crippen molar-refractivity contribution < 1.29 is 14.3 Å². The Morgan fingerprint density at radius 3 is 2.75 bits per heavy atom. The Kier molecular flexibility index (Phi) is 4.43. The molecule has 3 rings (SSSR count). The van der Waals surface area contributed by atoms with E-state index in [4.69, 9.17) is 4.42 Å². The number of fused-ring (bicyclic) bond motifs is 1. The molecule has 0 aliphatic carbocycles. The minimum atomic E-state index is -0.302. The van der Waals surface area contributed by atoms with E-state index in [1.54, 1.807) is 0 Å². The molecule has 2 aromatic carbocycles. The highest BCUT2D eigenvalue weighted by molar-refractivity contribution is 5.92. The van der Waals surface area contributed by atoms with Gasteiger partial charge in [0.05, 0.1) is 10.9 Å². The van der Waals surface area contributed by atoms with Crippen LogP contribution >= 0.6 is 0 Å². The van der Waals surface area contributed by atoms with Crippen LogP contribution in [-0.2, 0) is 11.3 Å². The van der Waals surface area contributed by atoms with E-state index in [0.717, 1.165) is 5.56 Å². The lowest BCUT2D eigenvalue weighted by Crippen LogP contribution is -2.20. The average molecular weight is 321 g/mol. The third kappa shape index (κ3) is 3.52. The zero-order valence-corrected chi connectivity index (χ0v) is 12.7. The van der Waals surface area contributed by atoms with Gasteiger partial charge in [0.15, 0.2) is 5.43 Å². The van der Waals surface area contributed by atoms with E-state index in [-0.39, 0.29) is 22.6 Å². The molecule has 5 heteroatoms. The van der Waals surface area contributed by atoms with Crippen molar-refractivity contribution in [1.82, 2.24) is 5.32 Å². The molecule has 2 N–H and O–H groups in total. The van der Waals surface area contributed by atoms with Crippen molar-refractivity contribution >= 4 is 23.0 Å². The Morgan fingerprint density at radius 2 is 1.96 bits per heavy atom. The second kappa shape index (κ2) is 6.83. The number of amides is 1. The molecule has 0 aliphatic heterocycles. The summed E-state index contributed by atoms with van der Waals surface area (Å²) in [6, 6.07) is 13.8. The van der Waals surface area contributed by atoms with Crippen molar-refractivity contribution in [2.45, 2.75) is 6.54 Å². The number of aromatic hydroxyl groups is 1. The summed E-state index contributed by atoms with van der Waals surface area (Å²) in [6.07, 6.45) is 3.98. The second-order valence-electron chi connectivity index (χ2n) is 5.24. The van der Waals surface area contributed by atoms with Crippen molar-refractivity contribution in [3.63, 3.8) is 0 Å². The van der Waals surface area contributed by atoms with Gasteiger partial charge in [0.25, 0.3) is 0 Å². The fraction of sp³-hybridized carbons (Fsp3) is 0.0526. The highest BCUT2D eigenvalue weighted by atomic mass is 16.3. The number of phenolic OH excluding ortho intramolecular Hbond substituents is 1. The largest absolute Gasteiger partial charge is 0.508 e. The summed E-state index contributed by atoms with van der Waals surface area (Å²) >= 11 is 0. The van der Waals surface area contributed by atoms with Gasteiger partial charge >= 0.3 is 0 Å². The first-order chi connectivity index (χ1) is 11.6. The van der Waals surface area contributed by atoms with Crippen LogP contribution in [0.15, 0.2) is 70.1 Å². The summed E-state index contributed by atoms with van der Waals surface area (Å²) in [4.78, 5) is 24.2. The van der Waals surface area contributed by atoms with E-state index in [1.165, 1.54) is 36.6 Å². The van der Waals surface area contributed by atoms with Crippen molar-refractivity contribution in [2.24, 2.45) is 0 Å². The van der Waals surface area contributed by atoms with Crippen LogP contribution in [0.3, 0.4) is 0 Å². The van der Waals surface area contributed by atoms with E-state index < -0.39 is 0 Å². The number of hydrogen-bond acceptors (Lipinski definition) is 4. The van der Waals surface area contributed by atoms with Gasteiger partial charge < -0.3 is 14.8 Å². The van der Waals surface area contributed by atoms with Crippen LogP contribution in [0.4, 0.5) is 0 Å². The normalized spacial score (nSPS) is 11.0. The van der Waals surface area contributed by atoms with E-state index in [2.05, 4.69) is 5.32 Å². The summed E-state index contributed by atoms with van der Waals surface area (Å²) in [5, 5.41) is 12.5. The first-order valence-corrected chi connectivity index (χ1v) is 7.38. The van der Waals surface area contributed by atoms with Crippen LogP contribution in [0.25, 0.3) is 17.0 Å². The van der Waals surface area contributed by atoms with Gasteiger partial charge in [-0.3, -0.25) is 9.59 Å². The lowest BCUT2D eigenvalue weighted by molar-refractivity contribution is -0.116. The molecule has 24 heavy (non-hydrogen) atoms. The van der Waals surface area contributed by atoms with Crippen LogP contribution < -0.4 is 10.7 Å². The van der Waals surface area contributed by atoms with Crippen molar-refractivity contribution in [3.05, 3.63) is 82.2 Å². The standard InChI is InChI=1S/C19H15NO4/c21-15-7-8-16-17(10-15)24-12-14(19(16)23)6-9-18(22)20-11-13-4-2-1-3-5-13/h1-10,12,21H,11H2,(H,20,22)/b9-6+. The van der Waals surface area contributed by atoms with Crippen molar-refractivity contribution in [1.29, 1.82) is 0 Å². The average Bonchev–Trinajstić information content (AvgIpc) is 2.60. The molecule has 5 nitrogen and oxygen atoms in total. The van der Waals surface area contributed by atoms with Crippen LogP contribution in [0.2, 0.25) is 0 Å². The molecule has 0 unspecified atom stereocenters. The van der Waals surface area contributed by atoms with E-state index >= 15 is 0 Å². The van der Waals surface area contributed by atoms with Crippen molar-refractivity contribution in [3.8, 4) is 5.75 Å². The molecule has 0 fully saturated rings. The number of carbonyl (C=O) groups is 1. The Hall–Kier alpha value is -3.34. The summed E-state index contributed by atoms with van der Waals surface area (Å²) in [7, 11) is 0. The van der Waals surface area contributed by atoms with Gasteiger partial charge in [0.1, 0.15) is 17.6 Å². The number of benzene rings is 2. The minimum Gasteiger partial charge on any atom is -0.508 e. The third-order valence-corrected chi connectivity index (χ3v) is 3.51. The maximum atomic E-state index is 12.3. The number of phenols is 1. The van der Waals surface area contributed by atoms with Gasteiger partial charge in [0.2, 0.25) is 5.91 Å². The molecule has 0 saturated carbocycles. The SMILES string of the molecule is O=C(/C=C/c1coc2cc(O)ccc2c1=O)NCc1ccccc1. The minimum absolute atomic E-state index is 0.0224. The molecule has 0 saturated heterocycles. The van der Waals surface area contributed by atoms with Gasteiger partial charge in [-0.1, -0.05) is 30.3 Å². The van der Waals surface area contributed by atoms with Gasteiger partial charge in [-0.2, -0.15) is 0 Å². The Labute approximate surface area is 137 Å². The lowest BCUT2D eigenvalue weighted by Gasteiger charge is -2.02. The van der Waals surface area contributed by atoms with Crippen LogP contribution in [-0.4, -0.2) is 11.0 Å². The highest BCUT2D eigenvalue weighted by Gasteiger charge is 2.06. The highest BCUT2D eigenvalue weighted by Crippen LogP contribution is 2.18. The Morgan fingerprint density at radius 1 is 1.17 bits per heavy atom. The molecule has 1 aromatic heterocycles. The molecular formula is C19H15NO4. The molecule has 0 atom stereocenters. The Balaban J connectivity index is 1.73. The number of rotatable bonds is 4. The molecule has 0 radical (unpaired) electrons. The van der Waals surface area contributed by atoms with E-state index in [1.807, 2.05) is 30.3 Å².